The molecule has 2 aliphatic rings. The van der Waals surface area contributed by atoms with Gasteiger partial charge >= 0.3 is 0 Å². The Labute approximate surface area is 269 Å². The Morgan fingerprint density at radius 2 is 1.63 bits per heavy atom. The predicted octanol–water partition coefficient (Wildman–Crippen LogP) is 1.01. The average molecular weight is 639 g/mol. The zero-order chi connectivity index (χ0) is 33.4. The van der Waals surface area contributed by atoms with Gasteiger partial charge in [-0.3, -0.25) is 28.9 Å². The lowest BCUT2D eigenvalue weighted by Gasteiger charge is -2.32. The topological polar surface area (TPSA) is 179 Å². The molecular formula is C32H46N8O6. The SMILES string of the molecule is CCC1c2nnc(o2)[C@H](C)NC(=O)[C@H](Cc2ccccc2)NC(=O)CNC(=O)[C@H](CC(C)C)NC(=O)CN(C)C(=O)[C@@H]2CCCN12. The Balaban J connectivity index is 1.64. The molecule has 5 atom stereocenters. The summed E-state index contributed by atoms with van der Waals surface area (Å²) >= 11 is 0. The van der Waals surface area contributed by atoms with E-state index in [0.717, 1.165) is 12.0 Å². The van der Waals surface area contributed by atoms with Crippen molar-refractivity contribution < 1.29 is 28.4 Å². The zero-order valence-corrected chi connectivity index (χ0v) is 27.2. The molecule has 0 radical (unpaired) electrons. The first-order chi connectivity index (χ1) is 22.0. The number of amides is 5. The van der Waals surface area contributed by atoms with Crippen molar-refractivity contribution in [1.82, 2.24) is 41.3 Å². The molecule has 1 aromatic heterocycles. The lowest BCUT2D eigenvalue weighted by molar-refractivity contribution is -0.140. The van der Waals surface area contributed by atoms with E-state index < -0.39 is 54.3 Å². The standard InChI is InChI=1S/C32H46N8O6/c1-6-24-31-38-37-30(46-31)20(4)34-29(44)23(16-21-11-8-7-9-12-21)35-26(41)17-33-28(43)22(15-19(2)3)36-27(42)18-39(5)32(45)25-13-10-14-40(24)25/h7-9,11-12,19-20,22-25H,6,10,13-18H2,1-5H3,(H,33,43)(H,34,44)(H,35,41)(H,36,42)/t20-,22-,23-,24?,25-/m0/s1. The normalized spacial score (nSPS) is 26.1. The van der Waals surface area contributed by atoms with E-state index >= 15 is 0 Å². The summed E-state index contributed by atoms with van der Waals surface area (Å²) in [6, 6.07) is 5.86. The Morgan fingerprint density at radius 1 is 0.935 bits per heavy atom. The molecule has 4 N–H and O–H groups in total. The number of likely N-dealkylation sites (N-methyl/N-ethyl adjacent to an activating group) is 1. The first-order valence-electron chi connectivity index (χ1n) is 16.0. The Hall–Kier alpha value is -4.33. The summed E-state index contributed by atoms with van der Waals surface area (Å²) in [5.41, 5.74) is 0.829. The minimum absolute atomic E-state index is 0.0581. The fraction of sp³-hybridized carbons (Fsp3) is 0.594. The molecule has 5 amide bonds. The molecule has 250 valence electrons. The minimum atomic E-state index is -0.966. The van der Waals surface area contributed by atoms with Gasteiger partial charge in [0.15, 0.2) is 0 Å². The summed E-state index contributed by atoms with van der Waals surface area (Å²) < 4.78 is 6.06. The fourth-order valence-electron chi connectivity index (χ4n) is 6.00. The highest BCUT2D eigenvalue weighted by Gasteiger charge is 2.39. The Kier molecular flexibility index (Phi) is 11.9. The van der Waals surface area contributed by atoms with E-state index in [0.29, 0.717) is 31.7 Å². The van der Waals surface area contributed by atoms with Crippen LogP contribution in [0.3, 0.4) is 0 Å². The summed E-state index contributed by atoms with van der Waals surface area (Å²) in [5.74, 6) is -1.70. The molecule has 1 unspecified atom stereocenters. The number of benzene rings is 1. The number of hydrogen-bond acceptors (Lipinski definition) is 9. The number of carbonyl (C=O) groups excluding carboxylic acids is 5. The average Bonchev–Trinajstić information content (AvgIpc) is 3.70. The van der Waals surface area contributed by atoms with E-state index in [4.69, 9.17) is 4.42 Å². The summed E-state index contributed by atoms with van der Waals surface area (Å²) in [6.45, 7) is 7.51. The van der Waals surface area contributed by atoms with Gasteiger partial charge in [0.05, 0.1) is 25.2 Å². The number of carbonyl (C=O) groups is 5. The smallest absolute Gasteiger partial charge is 0.243 e. The molecule has 14 heteroatoms. The second-order valence-electron chi connectivity index (χ2n) is 12.5. The molecule has 46 heavy (non-hydrogen) atoms. The van der Waals surface area contributed by atoms with Gasteiger partial charge < -0.3 is 30.6 Å². The fourth-order valence-corrected chi connectivity index (χ4v) is 6.00. The van der Waals surface area contributed by atoms with Gasteiger partial charge in [0.1, 0.15) is 18.1 Å². The van der Waals surface area contributed by atoms with Crippen molar-refractivity contribution in [3.8, 4) is 0 Å². The number of hydrogen-bond donors (Lipinski definition) is 4. The third-order valence-corrected chi connectivity index (χ3v) is 8.31. The van der Waals surface area contributed by atoms with Crippen LogP contribution < -0.4 is 21.3 Å². The molecule has 3 heterocycles. The van der Waals surface area contributed by atoms with Crippen molar-refractivity contribution in [1.29, 1.82) is 0 Å². The summed E-state index contributed by atoms with van der Waals surface area (Å²) in [5, 5.41) is 19.4. The van der Waals surface area contributed by atoms with E-state index in [1.165, 1.54) is 4.90 Å². The van der Waals surface area contributed by atoms with Crippen LogP contribution in [0.15, 0.2) is 34.7 Å². The number of nitrogens with one attached hydrogen (secondary N) is 4. The molecule has 2 aliphatic heterocycles. The van der Waals surface area contributed by atoms with Gasteiger partial charge in [0, 0.05) is 13.5 Å². The van der Waals surface area contributed by atoms with Crippen molar-refractivity contribution >= 4 is 29.5 Å². The molecule has 2 bridgehead atoms. The van der Waals surface area contributed by atoms with Crippen molar-refractivity contribution in [3.05, 3.63) is 47.7 Å². The minimum Gasteiger partial charge on any atom is -0.421 e. The number of rotatable bonds is 5. The highest BCUT2D eigenvalue weighted by Crippen LogP contribution is 2.32. The molecule has 0 saturated carbocycles. The number of fused-ring (bicyclic) bond motifs is 3. The molecule has 4 rings (SSSR count). The first kappa shape index (κ1) is 34.5. The van der Waals surface area contributed by atoms with Crippen LogP contribution in [-0.2, 0) is 30.4 Å². The predicted molar refractivity (Wildman–Crippen MR) is 168 cm³/mol. The van der Waals surface area contributed by atoms with E-state index in [1.807, 2.05) is 56.0 Å². The second-order valence-corrected chi connectivity index (χ2v) is 12.5. The van der Waals surface area contributed by atoms with Crippen molar-refractivity contribution in [2.75, 3.05) is 26.7 Å². The number of aromatic nitrogens is 2. The maximum Gasteiger partial charge on any atom is 0.243 e. The van der Waals surface area contributed by atoms with Gasteiger partial charge in [0.25, 0.3) is 0 Å². The van der Waals surface area contributed by atoms with Crippen LogP contribution in [-0.4, -0.2) is 94.3 Å². The largest absolute Gasteiger partial charge is 0.421 e. The molecule has 1 saturated heterocycles. The van der Waals surface area contributed by atoms with Crippen LogP contribution in [0.1, 0.15) is 82.8 Å². The van der Waals surface area contributed by atoms with Crippen LogP contribution in [0.5, 0.6) is 0 Å². The maximum absolute atomic E-state index is 13.6. The van der Waals surface area contributed by atoms with Crippen LogP contribution in [0.4, 0.5) is 0 Å². The lowest BCUT2D eigenvalue weighted by Crippen LogP contribution is -2.54. The molecule has 1 fully saturated rings. The van der Waals surface area contributed by atoms with Crippen molar-refractivity contribution in [3.63, 3.8) is 0 Å². The van der Waals surface area contributed by atoms with Gasteiger partial charge in [-0.1, -0.05) is 51.1 Å². The molecule has 0 spiro atoms. The maximum atomic E-state index is 13.6. The van der Waals surface area contributed by atoms with E-state index in [2.05, 4.69) is 31.5 Å². The summed E-state index contributed by atoms with van der Waals surface area (Å²) in [7, 11) is 1.57. The van der Waals surface area contributed by atoms with E-state index in [-0.39, 0.29) is 36.7 Å². The highest BCUT2D eigenvalue weighted by molar-refractivity contribution is 5.93. The van der Waals surface area contributed by atoms with Crippen LogP contribution in [0.25, 0.3) is 0 Å². The summed E-state index contributed by atoms with van der Waals surface area (Å²) in [6.07, 6.45) is 2.51. The van der Waals surface area contributed by atoms with Gasteiger partial charge in [-0.2, -0.15) is 0 Å². The monoisotopic (exact) mass is 638 g/mol. The zero-order valence-electron chi connectivity index (χ0n) is 27.2. The van der Waals surface area contributed by atoms with Gasteiger partial charge in [0.2, 0.25) is 41.3 Å². The van der Waals surface area contributed by atoms with Crippen molar-refractivity contribution in [2.24, 2.45) is 5.92 Å². The molecule has 0 aliphatic carbocycles. The second kappa shape index (κ2) is 15.8. The highest BCUT2D eigenvalue weighted by atomic mass is 16.4. The number of nitrogens with zero attached hydrogens (tertiary/aromatic N) is 4. The van der Waals surface area contributed by atoms with Crippen LogP contribution >= 0.6 is 0 Å². The quantitative estimate of drug-likeness (QED) is 0.372. The first-order valence-corrected chi connectivity index (χ1v) is 16.0. The Bertz CT molecular complexity index is 1380. The van der Waals surface area contributed by atoms with Crippen LogP contribution in [0, 0.1) is 5.92 Å². The molecule has 14 nitrogen and oxygen atoms in total. The van der Waals surface area contributed by atoms with Crippen molar-refractivity contribution in [2.45, 2.75) is 90.0 Å². The Morgan fingerprint density at radius 3 is 2.33 bits per heavy atom. The summed E-state index contributed by atoms with van der Waals surface area (Å²) in [4.78, 5) is 69.8. The lowest BCUT2D eigenvalue weighted by atomic mass is 10.0. The van der Waals surface area contributed by atoms with Crippen LogP contribution in [0.2, 0.25) is 0 Å². The molecule has 2 aromatic rings. The van der Waals surface area contributed by atoms with E-state index in [9.17, 15) is 24.0 Å². The van der Waals surface area contributed by atoms with Gasteiger partial charge in [-0.25, -0.2) is 0 Å². The third kappa shape index (κ3) is 8.89. The molecule has 1 aromatic carbocycles. The van der Waals surface area contributed by atoms with E-state index in [1.54, 1.807) is 14.0 Å². The third-order valence-electron chi connectivity index (χ3n) is 8.31. The van der Waals surface area contributed by atoms with Gasteiger partial charge in [-0.15, -0.1) is 10.2 Å². The van der Waals surface area contributed by atoms with Gasteiger partial charge in [-0.05, 0) is 50.6 Å². The molecular weight excluding hydrogens is 592 g/mol.